The molecule has 0 aliphatic heterocycles. The Morgan fingerprint density at radius 3 is 2.57 bits per heavy atom. The van der Waals surface area contributed by atoms with Gasteiger partial charge in [0.2, 0.25) is 5.91 Å². The van der Waals surface area contributed by atoms with E-state index in [-0.39, 0.29) is 10.8 Å². The number of hydrogen-bond acceptors (Lipinski definition) is 5. The smallest absolute Gasteiger partial charge is 0.272 e. The van der Waals surface area contributed by atoms with Crippen LogP contribution in [0.3, 0.4) is 0 Å². The normalized spacial score (nSPS) is 11.1. The van der Waals surface area contributed by atoms with Gasteiger partial charge in [-0.1, -0.05) is 17.8 Å². The molecule has 0 aromatic carbocycles. The molecule has 0 saturated heterocycles. The van der Waals surface area contributed by atoms with Gasteiger partial charge in [-0.25, -0.2) is 4.98 Å². The molecule has 0 fully saturated rings. The van der Waals surface area contributed by atoms with Crippen LogP contribution in [-0.4, -0.2) is 22.6 Å². The maximum absolute atomic E-state index is 12.4. The number of amides is 2. The van der Waals surface area contributed by atoms with Crippen molar-refractivity contribution in [2.75, 3.05) is 5.75 Å². The number of rotatable bonds is 4. The Labute approximate surface area is 137 Å². The standard InChI is InChI=1S/C13H10F3N3O2S2/c14-13(15,16)8-3-4-11(17-6-8)23-7-10(20)18-19-12(21)9-2-1-5-22-9/h1-6H,7H2,(H,18,20)(H,19,21). The lowest BCUT2D eigenvalue weighted by Gasteiger charge is -2.07. The zero-order chi connectivity index (χ0) is 16.9. The number of thiophene rings is 1. The molecule has 2 aromatic heterocycles. The molecule has 2 aromatic rings. The van der Waals surface area contributed by atoms with Gasteiger partial charge in [0.05, 0.1) is 21.2 Å². The van der Waals surface area contributed by atoms with E-state index < -0.39 is 23.6 Å². The van der Waals surface area contributed by atoms with E-state index in [1.807, 2.05) is 0 Å². The van der Waals surface area contributed by atoms with Crippen LogP contribution in [0.4, 0.5) is 13.2 Å². The molecule has 2 heterocycles. The number of thioether (sulfide) groups is 1. The Hall–Kier alpha value is -2.07. The second-order valence-electron chi connectivity index (χ2n) is 4.15. The fraction of sp³-hybridized carbons (Fsp3) is 0.154. The molecule has 0 saturated carbocycles. The van der Waals surface area contributed by atoms with Crippen LogP contribution in [0.5, 0.6) is 0 Å². The quantitative estimate of drug-likeness (QED) is 0.649. The van der Waals surface area contributed by atoms with E-state index in [0.717, 1.165) is 17.8 Å². The Morgan fingerprint density at radius 1 is 1.22 bits per heavy atom. The minimum Gasteiger partial charge on any atom is -0.272 e. The number of hydrazine groups is 1. The Balaban J connectivity index is 1.77. The van der Waals surface area contributed by atoms with E-state index >= 15 is 0 Å². The van der Waals surface area contributed by atoms with Crippen molar-refractivity contribution in [3.8, 4) is 0 Å². The zero-order valence-corrected chi connectivity index (χ0v) is 13.0. The molecule has 5 nitrogen and oxygen atoms in total. The molecule has 0 atom stereocenters. The topological polar surface area (TPSA) is 71.1 Å². The molecule has 23 heavy (non-hydrogen) atoms. The minimum absolute atomic E-state index is 0.0942. The van der Waals surface area contributed by atoms with Gasteiger partial charge in [0, 0.05) is 6.20 Å². The van der Waals surface area contributed by atoms with Crippen molar-refractivity contribution >= 4 is 34.9 Å². The van der Waals surface area contributed by atoms with E-state index in [4.69, 9.17) is 0 Å². The third kappa shape index (κ3) is 5.25. The highest BCUT2D eigenvalue weighted by atomic mass is 32.2. The number of carbonyl (C=O) groups excluding carboxylic acids is 2. The van der Waals surface area contributed by atoms with Gasteiger partial charge >= 0.3 is 6.18 Å². The lowest BCUT2D eigenvalue weighted by molar-refractivity contribution is -0.137. The van der Waals surface area contributed by atoms with Crippen molar-refractivity contribution in [3.63, 3.8) is 0 Å². The van der Waals surface area contributed by atoms with Crippen molar-refractivity contribution in [3.05, 3.63) is 46.3 Å². The molecule has 10 heteroatoms. The van der Waals surface area contributed by atoms with Crippen LogP contribution in [0, 0.1) is 0 Å². The average molecular weight is 361 g/mol. The lowest BCUT2D eigenvalue weighted by atomic mass is 10.3. The molecule has 2 amide bonds. The summed E-state index contributed by atoms with van der Waals surface area (Å²) in [7, 11) is 0. The molecule has 0 bridgehead atoms. The lowest BCUT2D eigenvalue weighted by Crippen LogP contribution is -2.42. The molecule has 0 spiro atoms. The molecular weight excluding hydrogens is 351 g/mol. The third-order valence-corrected chi connectivity index (χ3v) is 4.29. The number of alkyl halides is 3. The number of carbonyl (C=O) groups is 2. The molecule has 2 N–H and O–H groups in total. The largest absolute Gasteiger partial charge is 0.417 e. The minimum atomic E-state index is -4.44. The highest BCUT2D eigenvalue weighted by Crippen LogP contribution is 2.29. The molecule has 0 unspecified atom stereocenters. The summed E-state index contributed by atoms with van der Waals surface area (Å²) in [5.41, 5.74) is 3.60. The fourth-order valence-corrected chi connectivity index (χ4v) is 2.67. The van der Waals surface area contributed by atoms with Crippen molar-refractivity contribution in [1.29, 1.82) is 0 Å². The van der Waals surface area contributed by atoms with Crippen LogP contribution in [0.15, 0.2) is 40.9 Å². The van der Waals surface area contributed by atoms with Crippen molar-refractivity contribution in [2.24, 2.45) is 0 Å². The number of nitrogens with one attached hydrogen (secondary N) is 2. The van der Waals surface area contributed by atoms with Crippen LogP contribution in [0.2, 0.25) is 0 Å². The van der Waals surface area contributed by atoms with Gasteiger partial charge in [0.25, 0.3) is 5.91 Å². The summed E-state index contributed by atoms with van der Waals surface area (Å²) >= 11 is 2.18. The summed E-state index contributed by atoms with van der Waals surface area (Å²) in [4.78, 5) is 27.2. The summed E-state index contributed by atoms with van der Waals surface area (Å²) in [5.74, 6) is -1.03. The van der Waals surface area contributed by atoms with Gasteiger partial charge < -0.3 is 0 Å². The van der Waals surface area contributed by atoms with E-state index in [9.17, 15) is 22.8 Å². The number of hydrogen-bond donors (Lipinski definition) is 2. The van der Waals surface area contributed by atoms with E-state index in [0.29, 0.717) is 11.1 Å². The second kappa shape index (κ2) is 7.47. The first kappa shape index (κ1) is 17.3. The highest BCUT2D eigenvalue weighted by molar-refractivity contribution is 7.99. The van der Waals surface area contributed by atoms with Gasteiger partial charge in [-0.15, -0.1) is 11.3 Å². The molecule has 0 aliphatic carbocycles. The van der Waals surface area contributed by atoms with E-state index in [1.165, 1.54) is 17.4 Å². The number of pyridine rings is 1. The average Bonchev–Trinajstić information content (AvgIpc) is 3.04. The van der Waals surface area contributed by atoms with E-state index in [1.54, 1.807) is 17.5 Å². The van der Waals surface area contributed by atoms with Crippen molar-refractivity contribution in [2.45, 2.75) is 11.2 Å². The summed E-state index contributed by atoms with van der Waals surface area (Å²) in [6.07, 6.45) is -3.74. The monoisotopic (exact) mass is 361 g/mol. The molecule has 122 valence electrons. The van der Waals surface area contributed by atoms with Crippen LogP contribution in [0.25, 0.3) is 0 Å². The van der Waals surface area contributed by atoms with Crippen LogP contribution in [-0.2, 0) is 11.0 Å². The first-order valence-electron chi connectivity index (χ1n) is 6.15. The molecule has 2 rings (SSSR count). The molecular formula is C13H10F3N3O2S2. The van der Waals surface area contributed by atoms with Gasteiger partial charge in [-0.2, -0.15) is 13.2 Å². The fourth-order valence-electron chi connectivity index (χ4n) is 1.40. The summed E-state index contributed by atoms with van der Waals surface area (Å²) in [5, 5.41) is 2.00. The number of halogens is 3. The SMILES string of the molecule is O=C(CSc1ccc(C(F)(F)F)cn1)NNC(=O)c1cccs1. The molecule has 0 aliphatic rings. The van der Waals surface area contributed by atoms with Gasteiger partial charge in [0.1, 0.15) is 0 Å². The summed E-state index contributed by atoms with van der Waals surface area (Å²) in [6.45, 7) is 0. The summed E-state index contributed by atoms with van der Waals surface area (Å²) < 4.78 is 37.1. The summed E-state index contributed by atoms with van der Waals surface area (Å²) in [6, 6.07) is 5.39. The van der Waals surface area contributed by atoms with Gasteiger partial charge in [-0.3, -0.25) is 20.4 Å². The second-order valence-corrected chi connectivity index (χ2v) is 6.09. The Kier molecular flexibility index (Phi) is 5.61. The molecule has 0 radical (unpaired) electrons. The van der Waals surface area contributed by atoms with Gasteiger partial charge in [-0.05, 0) is 23.6 Å². The first-order valence-corrected chi connectivity index (χ1v) is 8.01. The van der Waals surface area contributed by atoms with E-state index in [2.05, 4.69) is 15.8 Å². The predicted molar refractivity (Wildman–Crippen MR) is 79.9 cm³/mol. The van der Waals surface area contributed by atoms with Crippen molar-refractivity contribution in [1.82, 2.24) is 15.8 Å². The Morgan fingerprint density at radius 2 is 2.00 bits per heavy atom. The number of aromatic nitrogens is 1. The van der Waals surface area contributed by atoms with Gasteiger partial charge in [0.15, 0.2) is 0 Å². The third-order valence-electron chi connectivity index (χ3n) is 2.48. The van der Waals surface area contributed by atoms with Crippen molar-refractivity contribution < 1.29 is 22.8 Å². The van der Waals surface area contributed by atoms with Crippen LogP contribution >= 0.6 is 23.1 Å². The zero-order valence-electron chi connectivity index (χ0n) is 11.4. The van der Waals surface area contributed by atoms with Crippen LogP contribution in [0.1, 0.15) is 15.2 Å². The highest BCUT2D eigenvalue weighted by Gasteiger charge is 2.30. The van der Waals surface area contributed by atoms with Crippen LogP contribution < -0.4 is 10.9 Å². The maximum Gasteiger partial charge on any atom is 0.417 e. The first-order chi connectivity index (χ1) is 10.9. The maximum atomic E-state index is 12.4. The Bertz CT molecular complexity index is 673. The predicted octanol–water partition coefficient (Wildman–Crippen LogP) is 2.72. The number of nitrogens with zero attached hydrogens (tertiary/aromatic N) is 1.